The minimum Gasteiger partial charge on any atom is -0.507 e. The fourth-order valence-corrected chi connectivity index (χ4v) is 4.13. The number of carbonyl (C=O) groups excluding carboxylic acids is 2. The van der Waals surface area contributed by atoms with Crippen molar-refractivity contribution in [1.82, 2.24) is 9.80 Å². The van der Waals surface area contributed by atoms with Crippen LogP contribution >= 0.6 is 0 Å². The molecule has 1 aliphatic rings. The van der Waals surface area contributed by atoms with Crippen LogP contribution in [0, 0.1) is 12.8 Å². The second kappa shape index (κ2) is 12.1. The van der Waals surface area contributed by atoms with Crippen LogP contribution in [0.5, 0.6) is 11.5 Å². The number of hydrogen-bond donors (Lipinski definition) is 1. The van der Waals surface area contributed by atoms with Crippen LogP contribution in [0.2, 0.25) is 0 Å². The number of Topliss-reactive ketones (excluding diaryl/α,β-unsaturated/α-hetero) is 1. The number of aliphatic hydroxyl groups is 1. The molecule has 0 saturated carbocycles. The largest absolute Gasteiger partial charge is 0.507 e. The number of likely N-dealkylation sites (N-methyl/N-ethyl adjacent to an activating group) is 1. The van der Waals surface area contributed by atoms with E-state index in [1.165, 1.54) is 0 Å². The normalized spacial score (nSPS) is 17.3. The van der Waals surface area contributed by atoms with E-state index in [4.69, 9.17) is 9.47 Å². The van der Waals surface area contributed by atoms with Crippen LogP contribution in [0.3, 0.4) is 0 Å². The first-order valence-corrected chi connectivity index (χ1v) is 12.5. The summed E-state index contributed by atoms with van der Waals surface area (Å²) in [6, 6.07) is 12.1. The number of hydrogen-bond acceptors (Lipinski definition) is 6. The van der Waals surface area contributed by atoms with Gasteiger partial charge in [-0.15, -0.1) is 0 Å². The third-order valence-electron chi connectivity index (χ3n) is 6.03. The molecule has 2 aromatic rings. The number of ketones is 1. The van der Waals surface area contributed by atoms with E-state index in [0.29, 0.717) is 43.5 Å². The van der Waals surface area contributed by atoms with Crippen molar-refractivity contribution in [2.45, 2.75) is 40.2 Å². The van der Waals surface area contributed by atoms with Crippen molar-refractivity contribution >= 4 is 17.4 Å². The molecule has 1 fully saturated rings. The number of aryl methyl sites for hydroxylation is 1. The van der Waals surface area contributed by atoms with Crippen LogP contribution in [0.25, 0.3) is 5.76 Å². The fraction of sp³-hybridized carbons (Fsp3) is 0.448. The Bertz CT molecular complexity index is 1110. The lowest BCUT2D eigenvalue weighted by Gasteiger charge is -2.27. The summed E-state index contributed by atoms with van der Waals surface area (Å²) in [5.74, 6) is 0.341. The van der Waals surface area contributed by atoms with Crippen molar-refractivity contribution in [2.75, 3.05) is 40.4 Å². The van der Waals surface area contributed by atoms with Crippen LogP contribution < -0.4 is 9.47 Å². The molecule has 1 unspecified atom stereocenters. The van der Waals surface area contributed by atoms with Crippen molar-refractivity contribution in [3.63, 3.8) is 0 Å². The summed E-state index contributed by atoms with van der Waals surface area (Å²) in [6.07, 6.45) is 0.896. The predicted molar refractivity (Wildman–Crippen MR) is 141 cm³/mol. The van der Waals surface area contributed by atoms with Gasteiger partial charge in [-0.3, -0.25) is 9.59 Å². The first-order valence-electron chi connectivity index (χ1n) is 12.5. The highest BCUT2D eigenvalue weighted by molar-refractivity contribution is 6.46. The Morgan fingerprint density at radius 2 is 1.72 bits per heavy atom. The van der Waals surface area contributed by atoms with E-state index in [0.717, 1.165) is 23.3 Å². The summed E-state index contributed by atoms with van der Waals surface area (Å²) in [7, 11) is 3.83. The summed E-state index contributed by atoms with van der Waals surface area (Å²) in [5, 5.41) is 11.4. The molecule has 0 radical (unpaired) electrons. The molecule has 7 heteroatoms. The fourth-order valence-electron chi connectivity index (χ4n) is 4.13. The zero-order valence-corrected chi connectivity index (χ0v) is 22.2. The zero-order valence-electron chi connectivity index (χ0n) is 22.2. The maximum absolute atomic E-state index is 13.3. The highest BCUT2D eigenvalue weighted by atomic mass is 16.5. The van der Waals surface area contributed by atoms with Crippen LogP contribution in [0.4, 0.5) is 0 Å². The van der Waals surface area contributed by atoms with E-state index in [9.17, 15) is 14.7 Å². The third kappa shape index (κ3) is 6.26. The standard InChI is InChI=1S/C29H38N2O5/c1-7-16-35-22-10-8-21(9-11-22)26-25(28(33)29(34)31(26)15-14-30(5)6)27(32)24-13-12-23(17-20(24)4)36-18-19(2)3/h8-13,17,19,26,32H,7,14-16,18H2,1-6H3. The monoisotopic (exact) mass is 494 g/mol. The van der Waals surface area contributed by atoms with E-state index >= 15 is 0 Å². The molecule has 1 heterocycles. The Balaban J connectivity index is 2.05. The van der Waals surface area contributed by atoms with Gasteiger partial charge in [0.05, 0.1) is 24.8 Å². The molecular weight excluding hydrogens is 456 g/mol. The predicted octanol–water partition coefficient (Wildman–Crippen LogP) is 4.80. The van der Waals surface area contributed by atoms with Crippen LogP contribution in [-0.2, 0) is 9.59 Å². The lowest BCUT2D eigenvalue weighted by atomic mass is 9.94. The van der Waals surface area contributed by atoms with Crippen molar-refractivity contribution in [1.29, 1.82) is 0 Å². The lowest BCUT2D eigenvalue weighted by molar-refractivity contribution is -0.140. The average molecular weight is 495 g/mol. The summed E-state index contributed by atoms with van der Waals surface area (Å²) < 4.78 is 11.5. The number of nitrogens with zero attached hydrogens (tertiary/aromatic N) is 2. The molecule has 194 valence electrons. The van der Waals surface area contributed by atoms with E-state index < -0.39 is 17.7 Å². The molecule has 0 spiro atoms. The number of carbonyl (C=O) groups is 2. The Kier molecular flexibility index (Phi) is 9.15. The van der Waals surface area contributed by atoms with Crippen LogP contribution in [0.1, 0.15) is 49.9 Å². The zero-order chi connectivity index (χ0) is 26.4. The number of amides is 1. The topological polar surface area (TPSA) is 79.3 Å². The van der Waals surface area contributed by atoms with Crippen LogP contribution in [-0.4, -0.2) is 67.0 Å². The van der Waals surface area contributed by atoms with Gasteiger partial charge in [-0.2, -0.15) is 0 Å². The van der Waals surface area contributed by atoms with Gasteiger partial charge in [-0.05, 0) is 74.8 Å². The Hall–Kier alpha value is -3.32. The van der Waals surface area contributed by atoms with Gasteiger partial charge in [-0.25, -0.2) is 0 Å². The lowest BCUT2D eigenvalue weighted by Crippen LogP contribution is -2.35. The first-order chi connectivity index (χ1) is 17.1. The minimum atomic E-state index is -0.693. The molecule has 36 heavy (non-hydrogen) atoms. The Morgan fingerprint density at radius 3 is 2.31 bits per heavy atom. The van der Waals surface area contributed by atoms with Gasteiger partial charge in [0.1, 0.15) is 17.3 Å². The average Bonchev–Trinajstić information content (AvgIpc) is 3.09. The molecule has 0 aromatic heterocycles. The van der Waals surface area contributed by atoms with Crippen molar-refractivity contribution in [3.8, 4) is 11.5 Å². The Morgan fingerprint density at radius 1 is 1.06 bits per heavy atom. The summed E-state index contributed by atoms with van der Waals surface area (Å²) in [4.78, 5) is 29.9. The molecule has 1 saturated heterocycles. The van der Waals surface area contributed by atoms with Gasteiger partial charge in [0.2, 0.25) is 0 Å². The minimum absolute atomic E-state index is 0.0972. The van der Waals surface area contributed by atoms with Gasteiger partial charge in [0.25, 0.3) is 11.7 Å². The molecule has 1 aliphatic heterocycles. The second-order valence-corrected chi connectivity index (χ2v) is 9.89. The molecule has 0 aliphatic carbocycles. The molecule has 1 atom stereocenters. The molecule has 2 aromatic carbocycles. The van der Waals surface area contributed by atoms with Gasteiger partial charge in [0, 0.05) is 18.7 Å². The SMILES string of the molecule is CCCOc1ccc(C2C(=C(O)c3ccc(OCC(C)C)cc3C)C(=O)C(=O)N2CCN(C)C)cc1. The molecule has 0 bridgehead atoms. The smallest absolute Gasteiger partial charge is 0.295 e. The van der Waals surface area contributed by atoms with Gasteiger partial charge >= 0.3 is 0 Å². The van der Waals surface area contributed by atoms with E-state index in [2.05, 4.69) is 13.8 Å². The van der Waals surface area contributed by atoms with Crippen molar-refractivity contribution in [3.05, 3.63) is 64.7 Å². The molecule has 1 N–H and O–H groups in total. The quantitative estimate of drug-likeness (QED) is 0.275. The molecule has 7 nitrogen and oxygen atoms in total. The molecule has 3 rings (SSSR count). The third-order valence-corrected chi connectivity index (χ3v) is 6.03. The number of aliphatic hydroxyl groups excluding tert-OH is 1. The van der Waals surface area contributed by atoms with Crippen molar-refractivity contribution < 1.29 is 24.2 Å². The summed E-state index contributed by atoms with van der Waals surface area (Å²) in [6.45, 7) is 10.2. The number of ether oxygens (including phenoxy) is 2. The summed E-state index contributed by atoms with van der Waals surface area (Å²) >= 11 is 0. The van der Waals surface area contributed by atoms with Crippen LogP contribution in [0.15, 0.2) is 48.0 Å². The highest BCUT2D eigenvalue weighted by Crippen LogP contribution is 2.40. The number of likely N-dealkylation sites (tertiary alicyclic amines) is 1. The molecular formula is C29H38N2O5. The van der Waals surface area contributed by atoms with Gasteiger partial charge < -0.3 is 24.4 Å². The van der Waals surface area contributed by atoms with E-state index in [1.807, 2.05) is 63.2 Å². The highest BCUT2D eigenvalue weighted by Gasteiger charge is 2.46. The van der Waals surface area contributed by atoms with Gasteiger partial charge in [-0.1, -0.05) is 32.9 Å². The number of benzene rings is 2. The van der Waals surface area contributed by atoms with Crippen molar-refractivity contribution in [2.24, 2.45) is 5.92 Å². The van der Waals surface area contributed by atoms with Gasteiger partial charge in [0.15, 0.2) is 0 Å². The first kappa shape index (κ1) is 27.3. The number of rotatable bonds is 11. The molecule has 1 amide bonds. The van der Waals surface area contributed by atoms with E-state index in [-0.39, 0.29) is 11.3 Å². The maximum atomic E-state index is 13.3. The van der Waals surface area contributed by atoms with E-state index in [1.54, 1.807) is 17.0 Å². The summed E-state index contributed by atoms with van der Waals surface area (Å²) in [5.41, 5.74) is 2.11. The second-order valence-electron chi connectivity index (χ2n) is 9.89. The maximum Gasteiger partial charge on any atom is 0.295 e. The Labute approximate surface area is 214 Å².